The van der Waals surface area contributed by atoms with Crippen LogP contribution < -0.4 is 5.43 Å². The second kappa shape index (κ2) is 3.36. The Bertz CT molecular complexity index is 381. The summed E-state index contributed by atoms with van der Waals surface area (Å²) >= 11 is 1.39. The molecule has 0 aliphatic rings. The van der Waals surface area contributed by atoms with Crippen molar-refractivity contribution in [3.05, 3.63) is 35.0 Å². The smallest absolute Gasteiger partial charge is 0.266 e. The number of nitrogens with zero attached hydrogens (tertiary/aromatic N) is 3. The van der Waals surface area contributed by atoms with Crippen molar-refractivity contribution in [2.45, 2.75) is 0 Å². The number of hydrogen-bond acceptors (Lipinski definition) is 4. The Kier molecular flexibility index (Phi) is 2.05. The zero-order valence-corrected chi connectivity index (χ0v) is 7.36. The Labute approximate surface area is 78.0 Å². The molecular formula is C7H6N4OS. The molecule has 1 N–H and O–H groups in total. The van der Waals surface area contributed by atoms with E-state index in [1.807, 2.05) is 11.4 Å². The largest absolute Gasteiger partial charge is 0.280 e. The van der Waals surface area contributed by atoms with Gasteiger partial charge in [-0.25, -0.2) is 4.68 Å². The summed E-state index contributed by atoms with van der Waals surface area (Å²) in [4.78, 5) is 12.1. The van der Waals surface area contributed by atoms with Gasteiger partial charge in [0, 0.05) is 0 Å². The fourth-order valence-corrected chi connectivity index (χ4v) is 1.45. The predicted molar refractivity (Wildman–Crippen MR) is 48.0 cm³/mol. The van der Waals surface area contributed by atoms with Crippen LogP contribution in [0, 0.1) is 0 Å². The highest BCUT2D eigenvalue weighted by Crippen LogP contribution is 2.07. The van der Waals surface area contributed by atoms with E-state index < -0.39 is 0 Å². The third-order valence-electron chi connectivity index (χ3n) is 1.39. The number of hydrogen-bond donors (Lipinski definition) is 1. The Balaban J connectivity index is 2.08. The molecule has 0 aliphatic heterocycles. The topological polar surface area (TPSA) is 59.8 Å². The molecule has 2 heterocycles. The van der Waals surface area contributed by atoms with Gasteiger partial charge in [-0.3, -0.25) is 10.2 Å². The lowest BCUT2D eigenvalue weighted by atomic mass is 10.4. The SMILES string of the molecule is O=C(Nn1cnnc1)c1cccs1. The van der Waals surface area contributed by atoms with Crippen LogP contribution in [0.3, 0.4) is 0 Å². The normalized spacial score (nSPS) is 9.85. The molecule has 0 aromatic carbocycles. The van der Waals surface area contributed by atoms with Gasteiger partial charge in [0.15, 0.2) is 0 Å². The first-order chi connectivity index (χ1) is 6.36. The van der Waals surface area contributed by atoms with Crippen LogP contribution in [0.2, 0.25) is 0 Å². The van der Waals surface area contributed by atoms with Gasteiger partial charge >= 0.3 is 0 Å². The molecule has 0 bridgehead atoms. The minimum atomic E-state index is -0.158. The van der Waals surface area contributed by atoms with Crippen molar-refractivity contribution in [1.29, 1.82) is 0 Å². The van der Waals surface area contributed by atoms with E-state index in [0.29, 0.717) is 4.88 Å². The van der Waals surface area contributed by atoms with Gasteiger partial charge in [0.25, 0.3) is 5.91 Å². The lowest BCUT2D eigenvalue weighted by molar-refractivity contribution is 0.101. The van der Waals surface area contributed by atoms with Gasteiger partial charge in [-0.05, 0) is 11.4 Å². The van der Waals surface area contributed by atoms with Crippen LogP contribution in [0.4, 0.5) is 0 Å². The number of aromatic nitrogens is 3. The molecule has 0 spiro atoms. The van der Waals surface area contributed by atoms with E-state index in [4.69, 9.17) is 0 Å². The first kappa shape index (κ1) is 7.93. The van der Waals surface area contributed by atoms with Crippen molar-refractivity contribution in [1.82, 2.24) is 14.9 Å². The van der Waals surface area contributed by atoms with Gasteiger partial charge in [0.1, 0.15) is 12.7 Å². The molecule has 0 aliphatic carbocycles. The molecule has 13 heavy (non-hydrogen) atoms. The second-order valence-corrected chi connectivity index (χ2v) is 3.24. The number of rotatable bonds is 2. The van der Waals surface area contributed by atoms with Crippen LogP contribution in [-0.4, -0.2) is 20.8 Å². The first-order valence-electron chi connectivity index (χ1n) is 3.56. The Morgan fingerprint density at radius 1 is 1.46 bits per heavy atom. The van der Waals surface area contributed by atoms with E-state index in [2.05, 4.69) is 15.6 Å². The lowest BCUT2D eigenvalue weighted by Crippen LogP contribution is -2.20. The van der Waals surface area contributed by atoms with Crippen molar-refractivity contribution < 1.29 is 4.79 Å². The molecule has 0 saturated heterocycles. The summed E-state index contributed by atoms with van der Waals surface area (Å²) < 4.78 is 1.40. The Morgan fingerprint density at radius 3 is 2.85 bits per heavy atom. The van der Waals surface area contributed by atoms with Gasteiger partial charge < -0.3 is 0 Å². The minimum Gasteiger partial charge on any atom is -0.266 e. The monoisotopic (exact) mass is 194 g/mol. The summed E-state index contributed by atoms with van der Waals surface area (Å²) in [6.45, 7) is 0. The summed E-state index contributed by atoms with van der Waals surface area (Å²) in [5, 5.41) is 8.96. The second-order valence-electron chi connectivity index (χ2n) is 2.29. The van der Waals surface area contributed by atoms with Gasteiger partial charge in [0.2, 0.25) is 0 Å². The maximum absolute atomic E-state index is 11.4. The Morgan fingerprint density at radius 2 is 2.23 bits per heavy atom. The van der Waals surface area contributed by atoms with Gasteiger partial charge in [0.05, 0.1) is 4.88 Å². The molecule has 5 nitrogen and oxygen atoms in total. The minimum absolute atomic E-state index is 0.158. The summed E-state index contributed by atoms with van der Waals surface area (Å²) in [7, 11) is 0. The van der Waals surface area contributed by atoms with Gasteiger partial charge in [-0.1, -0.05) is 6.07 Å². The molecule has 0 atom stereocenters. The number of carbonyl (C=O) groups excluding carboxylic acids is 1. The Hall–Kier alpha value is -1.69. The zero-order chi connectivity index (χ0) is 9.10. The quantitative estimate of drug-likeness (QED) is 0.766. The van der Waals surface area contributed by atoms with Crippen molar-refractivity contribution in [3.8, 4) is 0 Å². The van der Waals surface area contributed by atoms with Crippen LogP contribution in [0.5, 0.6) is 0 Å². The highest BCUT2D eigenvalue weighted by atomic mass is 32.1. The van der Waals surface area contributed by atoms with E-state index in [0.717, 1.165) is 0 Å². The highest BCUT2D eigenvalue weighted by molar-refractivity contribution is 7.12. The molecule has 6 heteroatoms. The van der Waals surface area contributed by atoms with Crippen LogP contribution >= 0.6 is 11.3 Å². The van der Waals surface area contributed by atoms with E-state index in [9.17, 15) is 4.79 Å². The number of carbonyl (C=O) groups is 1. The highest BCUT2D eigenvalue weighted by Gasteiger charge is 2.05. The summed E-state index contributed by atoms with van der Waals surface area (Å²) in [6.07, 6.45) is 2.84. The molecular weight excluding hydrogens is 188 g/mol. The van der Waals surface area contributed by atoms with E-state index >= 15 is 0 Å². The zero-order valence-electron chi connectivity index (χ0n) is 6.54. The summed E-state index contributed by atoms with van der Waals surface area (Å²) in [5.74, 6) is -0.158. The molecule has 66 valence electrons. The maximum Gasteiger partial charge on any atom is 0.280 e. The third-order valence-corrected chi connectivity index (χ3v) is 2.26. The average molecular weight is 194 g/mol. The number of amides is 1. The molecule has 2 aromatic rings. The molecule has 0 saturated carbocycles. The fraction of sp³-hybridized carbons (Fsp3) is 0. The van der Waals surface area contributed by atoms with Crippen molar-refractivity contribution >= 4 is 17.2 Å². The maximum atomic E-state index is 11.4. The van der Waals surface area contributed by atoms with E-state index in [1.165, 1.54) is 28.7 Å². The van der Waals surface area contributed by atoms with Crippen molar-refractivity contribution in [2.75, 3.05) is 5.43 Å². The average Bonchev–Trinajstić information content (AvgIpc) is 2.74. The molecule has 1 amide bonds. The van der Waals surface area contributed by atoms with Gasteiger partial charge in [-0.2, -0.15) is 0 Å². The molecule has 2 aromatic heterocycles. The fourth-order valence-electron chi connectivity index (χ4n) is 0.839. The summed E-state index contributed by atoms with van der Waals surface area (Å²) in [5.41, 5.74) is 2.59. The number of nitrogens with one attached hydrogen (secondary N) is 1. The van der Waals surface area contributed by atoms with Crippen LogP contribution in [0.15, 0.2) is 30.2 Å². The van der Waals surface area contributed by atoms with Gasteiger partial charge in [-0.15, -0.1) is 21.5 Å². The third kappa shape index (κ3) is 1.73. The van der Waals surface area contributed by atoms with Crippen molar-refractivity contribution in [3.63, 3.8) is 0 Å². The summed E-state index contributed by atoms with van der Waals surface area (Å²) in [6, 6.07) is 3.58. The van der Waals surface area contributed by atoms with Crippen LogP contribution in [0.1, 0.15) is 9.67 Å². The van der Waals surface area contributed by atoms with E-state index in [-0.39, 0.29) is 5.91 Å². The van der Waals surface area contributed by atoms with Crippen molar-refractivity contribution in [2.24, 2.45) is 0 Å². The number of thiophene rings is 1. The first-order valence-corrected chi connectivity index (χ1v) is 4.44. The molecule has 2 rings (SSSR count). The molecule has 0 radical (unpaired) electrons. The molecule has 0 fully saturated rings. The van der Waals surface area contributed by atoms with E-state index in [1.54, 1.807) is 6.07 Å². The standard InChI is InChI=1S/C7H6N4OS/c12-7(6-2-1-3-13-6)10-11-4-8-9-5-11/h1-5H,(H,10,12). The predicted octanol–water partition coefficient (Wildman–Crippen LogP) is 0.724. The molecule has 0 unspecified atom stereocenters. The van der Waals surface area contributed by atoms with Crippen LogP contribution in [0.25, 0.3) is 0 Å². The lowest BCUT2D eigenvalue weighted by Gasteiger charge is -2.00. The van der Waals surface area contributed by atoms with Crippen LogP contribution in [-0.2, 0) is 0 Å².